The second kappa shape index (κ2) is 10.0. The molecule has 6 heteroatoms. The van der Waals surface area contributed by atoms with Gasteiger partial charge in [0.25, 0.3) is 11.8 Å². The predicted molar refractivity (Wildman–Crippen MR) is 129 cm³/mol. The van der Waals surface area contributed by atoms with Gasteiger partial charge in [0, 0.05) is 5.69 Å². The summed E-state index contributed by atoms with van der Waals surface area (Å²) in [5, 5.41) is 3.17. The molecule has 168 valence electrons. The van der Waals surface area contributed by atoms with Gasteiger partial charge in [0.2, 0.25) is 0 Å². The van der Waals surface area contributed by atoms with Crippen molar-refractivity contribution in [3.8, 4) is 11.5 Å². The Labute approximate surface area is 193 Å². The lowest BCUT2D eigenvalue weighted by atomic mass is 10.0. The van der Waals surface area contributed by atoms with Gasteiger partial charge in [-0.15, -0.1) is 0 Å². The molecule has 0 saturated carbocycles. The van der Waals surface area contributed by atoms with Gasteiger partial charge in [-0.3, -0.25) is 9.59 Å². The maximum absolute atomic E-state index is 13.6. The number of hydrogen-bond acceptors (Lipinski definition) is 5. The second-order valence-electron chi connectivity index (χ2n) is 7.46. The van der Waals surface area contributed by atoms with Gasteiger partial charge in [0.05, 0.1) is 24.5 Å². The molecular formula is C27H26N2O4. The highest BCUT2D eigenvalue weighted by molar-refractivity contribution is 6.46. The number of carbonyl (C=O) groups excluding carboxylic acids is 2. The normalized spacial score (nSPS) is 13.5. The van der Waals surface area contributed by atoms with Crippen LogP contribution in [-0.2, 0) is 9.59 Å². The van der Waals surface area contributed by atoms with Crippen LogP contribution in [0.3, 0.4) is 0 Å². The molecule has 0 spiro atoms. The number of nitrogens with zero attached hydrogens (tertiary/aromatic N) is 1. The Bertz CT molecular complexity index is 1170. The summed E-state index contributed by atoms with van der Waals surface area (Å²) in [5.41, 5.74) is 2.32. The zero-order valence-electron chi connectivity index (χ0n) is 18.7. The Balaban J connectivity index is 1.74. The van der Waals surface area contributed by atoms with Gasteiger partial charge in [0.15, 0.2) is 0 Å². The predicted octanol–water partition coefficient (Wildman–Crippen LogP) is 5.27. The Morgan fingerprint density at radius 3 is 2.18 bits per heavy atom. The summed E-state index contributed by atoms with van der Waals surface area (Å²) in [6, 6.07) is 23.6. The van der Waals surface area contributed by atoms with Crippen molar-refractivity contribution in [3.63, 3.8) is 0 Å². The Morgan fingerprint density at radius 1 is 0.788 bits per heavy atom. The monoisotopic (exact) mass is 442 g/mol. The number of carbonyl (C=O) groups is 2. The number of hydrogen-bond donors (Lipinski definition) is 1. The molecule has 1 aliphatic heterocycles. The lowest BCUT2D eigenvalue weighted by Gasteiger charge is -2.19. The minimum absolute atomic E-state index is 0.223. The van der Waals surface area contributed by atoms with Gasteiger partial charge < -0.3 is 14.8 Å². The molecule has 0 saturated heterocycles. The molecule has 1 aliphatic rings. The van der Waals surface area contributed by atoms with E-state index in [9.17, 15) is 9.59 Å². The molecule has 3 aromatic carbocycles. The summed E-state index contributed by atoms with van der Waals surface area (Å²) in [7, 11) is 0. The first-order valence-corrected chi connectivity index (χ1v) is 11.0. The Kier molecular flexibility index (Phi) is 6.74. The largest absolute Gasteiger partial charge is 0.494 e. The van der Waals surface area contributed by atoms with Crippen molar-refractivity contribution < 1.29 is 19.1 Å². The first-order valence-electron chi connectivity index (χ1n) is 11.0. The summed E-state index contributed by atoms with van der Waals surface area (Å²) < 4.78 is 11.3. The van der Waals surface area contributed by atoms with E-state index in [4.69, 9.17) is 9.47 Å². The van der Waals surface area contributed by atoms with Crippen LogP contribution in [0.4, 0.5) is 11.4 Å². The fourth-order valence-electron chi connectivity index (χ4n) is 3.66. The molecule has 1 N–H and O–H groups in total. The molecule has 0 radical (unpaired) electrons. The fraction of sp³-hybridized carbons (Fsp3) is 0.185. The summed E-state index contributed by atoms with van der Waals surface area (Å²) in [5.74, 6) is 0.404. The standard InChI is InChI=1S/C27H26N2O4/c1-3-18-33-23-13-9-8-12-22(23)29-26(30)24(19-10-6-5-7-11-19)25(27(29)31)28-20-14-16-21(17-15-20)32-4-2/h5-17,28H,3-4,18H2,1-2H3. The third kappa shape index (κ3) is 4.60. The second-order valence-corrected chi connectivity index (χ2v) is 7.46. The highest BCUT2D eigenvalue weighted by Gasteiger charge is 2.41. The van der Waals surface area contributed by atoms with E-state index in [0.717, 1.165) is 12.2 Å². The van der Waals surface area contributed by atoms with Crippen LogP contribution in [0.1, 0.15) is 25.8 Å². The van der Waals surface area contributed by atoms with Crippen LogP contribution in [0.25, 0.3) is 5.57 Å². The Hall–Kier alpha value is -4.06. The maximum Gasteiger partial charge on any atom is 0.282 e. The number of para-hydroxylation sites is 2. The molecule has 4 rings (SSSR count). The molecular weight excluding hydrogens is 416 g/mol. The third-order valence-corrected chi connectivity index (χ3v) is 5.15. The van der Waals surface area contributed by atoms with Crippen LogP contribution >= 0.6 is 0 Å². The van der Waals surface area contributed by atoms with Crippen molar-refractivity contribution in [2.45, 2.75) is 20.3 Å². The summed E-state index contributed by atoms with van der Waals surface area (Å²) in [6.45, 7) is 4.98. The van der Waals surface area contributed by atoms with Crippen LogP contribution in [0.5, 0.6) is 11.5 Å². The summed E-state index contributed by atoms with van der Waals surface area (Å²) >= 11 is 0. The van der Waals surface area contributed by atoms with Gasteiger partial charge in [-0.1, -0.05) is 49.4 Å². The number of amides is 2. The van der Waals surface area contributed by atoms with Crippen LogP contribution < -0.4 is 19.7 Å². The first kappa shape index (κ1) is 22.1. The van der Waals surface area contributed by atoms with E-state index < -0.39 is 11.8 Å². The van der Waals surface area contributed by atoms with Gasteiger partial charge in [-0.25, -0.2) is 4.90 Å². The molecule has 0 atom stereocenters. The molecule has 0 bridgehead atoms. The fourth-order valence-corrected chi connectivity index (χ4v) is 3.66. The lowest BCUT2D eigenvalue weighted by molar-refractivity contribution is -0.120. The zero-order valence-corrected chi connectivity index (χ0v) is 18.7. The van der Waals surface area contributed by atoms with Crippen molar-refractivity contribution in [1.29, 1.82) is 0 Å². The molecule has 0 unspecified atom stereocenters. The number of rotatable bonds is 9. The number of imide groups is 1. The van der Waals surface area contributed by atoms with Crippen molar-refractivity contribution in [3.05, 3.63) is 90.1 Å². The number of benzene rings is 3. The SMILES string of the molecule is CCCOc1ccccc1N1C(=O)C(Nc2ccc(OCC)cc2)=C(c2ccccc2)C1=O. The zero-order chi connectivity index (χ0) is 23.2. The van der Waals surface area contributed by atoms with Crippen molar-refractivity contribution in [2.24, 2.45) is 0 Å². The van der Waals surface area contributed by atoms with E-state index in [2.05, 4.69) is 5.32 Å². The molecule has 3 aromatic rings. The van der Waals surface area contributed by atoms with E-state index in [0.29, 0.717) is 41.5 Å². The average Bonchev–Trinajstić information content (AvgIpc) is 3.09. The van der Waals surface area contributed by atoms with Crippen LogP contribution in [-0.4, -0.2) is 25.0 Å². The molecule has 1 heterocycles. The number of ether oxygens (including phenoxy) is 2. The summed E-state index contributed by atoms with van der Waals surface area (Å²) in [6.07, 6.45) is 0.814. The molecule has 6 nitrogen and oxygen atoms in total. The topological polar surface area (TPSA) is 67.9 Å². The van der Waals surface area contributed by atoms with Crippen molar-refractivity contribution >= 4 is 28.8 Å². The first-order chi connectivity index (χ1) is 16.1. The number of anilines is 2. The van der Waals surface area contributed by atoms with Crippen LogP contribution in [0.15, 0.2) is 84.6 Å². The molecule has 0 aliphatic carbocycles. The number of nitrogens with one attached hydrogen (secondary N) is 1. The van der Waals surface area contributed by atoms with Crippen molar-refractivity contribution in [2.75, 3.05) is 23.4 Å². The van der Waals surface area contributed by atoms with Crippen LogP contribution in [0, 0.1) is 0 Å². The van der Waals surface area contributed by atoms with E-state index in [1.807, 2.05) is 74.5 Å². The maximum atomic E-state index is 13.6. The van der Waals surface area contributed by atoms with E-state index >= 15 is 0 Å². The quantitative estimate of drug-likeness (QED) is 0.457. The minimum Gasteiger partial charge on any atom is -0.494 e. The molecule has 33 heavy (non-hydrogen) atoms. The van der Waals surface area contributed by atoms with Gasteiger partial charge >= 0.3 is 0 Å². The van der Waals surface area contributed by atoms with E-state index in [-0.39, 0.29) is 5.70 Å². The van der Waals surface area contributed by atoms with Crippen molar-refractivity contribution in [1.82, 2.24) is 0 Å². The van der Waals surface area contributed by atoms with Gasteiger partial charge in [0.1, 0.15) is 17.2 Å². The third-order valence-electron chi connectivity index (χ3n) is 5.15. The molecule has 0 aromatic heterocycles. The molecule has 2 amide bonds. The van der Waals surface area contributed by atoms with E-state index in [1.165, 1.54) is 4.90 Å². The summed E-state index contributed by atoms with van der Waals surface area (Å²) in [4.78, 5) is 28.4. The van der Waals surface area contributed by atoms with E-state index in [1.54, 1.807) is 18.2 Å². The van der Waals surface area contributed by atoms with Gasteiger partial charge in [-0.05, 0) is 55.3 Å². The minimum atomic E-state index is -0.430. The molecule has 0 fully saturated rings. The lowest BCUT2D eigenvalue weighted by Crippen LogP contribution is -2.32. The Morgan fingerprint density at radius 2 is 1.48 bits per heavy atom. The highest BCUT2D eigenvalue weighted by atomic mass is 16.5. The smallest absolute Gasteiger partial charge is 0.282 e. The van der Waals surface area contributed by atoms with Crippen LogP contribution in [0.2, 0.25) is 0 Å². The van der Waals surface area contributed by atoms with Gasteiger partial charge in [-0.2, -0.15) is 0 Å². The highest BCUT2D eigenvalue weighted by Crippen LogP contribution is 2.38. The average molecular weight is 443 g/mol.